The maximum atomic E-state index is 12.0. The smallest absolute Gasteiger partial charge is 0.289 e. The van der Waals surface area contributed by atoms with Crippen LogP contribution in [0.25, 0.3) is 11.0 Å². The summed E-state index contributed by atoms with van der Waals surface area (Å²) in [6.07, 6.45) is 0. The Morgan fingerprint density at radius 1 is 1.35 bits per heavy atom. The number of para-hydroxylation sites is 1. The van der Waals surface area contributed by atoms with Crippen molar-refractivity contribution in [3.63, 3.8) is 0 Å². The van der Waals surface area contributed by atoms with Crippen molar-refractivity contribution >= 4 is 16.9 Å². The zero-order chi connectivity index (χ0) is 12.4. The van der Waals surface area contributed by atoms with Gasteiger partial charge in [0.05, 0.1) is 0 Å². The van der Waals surface area contributed by atoms with Gasteiger partial charge in [-0.2, -0.15) is 0 Å². The molecule has 0 saturated heterocycles. The number of rotatable bonds is 3. The van der Waals surface area contributed by atoms with E-state index in [4.69, 9.17) is 4.42 Å². The molecule has 0 spiro atoms. The van der Waals surface area contributed by atoms with Crippen LogP contribution in [0.2, 0.25) is 0 Å². The predicted molar refractivity (Wildman–Crippen MR) is 65.1 cm³/mol. The molecular weight excluding hydrogens is 218 g/mol. The molecule has 0 aliphatic rings. The van der Waals surface area contributed by atoms with Crippen molar-refractivity contribution in [2.45, 2.75) is 13.8 Å². The highest BCUT2D eigenvalue weighted by molar-refractivity contribution is 5.97. The summed E-state index contributed by atoms with van der Waals surface area (Å²) < 4.78 is 5.40. The number of furan rings is 1. The van der Waals surface area contributed by atoms with E-state index in [0.29, 0.717) is 18.7 Å². The van der Waals surface area contributed by atoms with Crippen molar-refractivity contribution in [3.05, 3.63) is 30.0 Å². The topological polar surface area (TPSA) is 53.7 Å². The van der Waals surface area contributed by atoms with Crippen LogP contribution in [0.1, 0.15) is 24.4 Å². The quantitative estimate of drug-likeness (QED) is 0.886. The summed E-state index contributed by atoms with van der Waals surface area (Å²) in [5.74, 6) is 0.178. The second kappa shape index (κ2) is 4.49. The van der Waals surface area contributed by atoms with Crippen LogP contribution in [0.3, 0.4) is 0 Å². The first-order chi connectivity index (χ1) is 8.17. The highest BCUT2D eigenvalue weighted by Gasteiger charge is 2.18. The van der Waals surface area contributed by atoms with Crippen LogP contribution in [0.5, 0.6) is 5.75 Å². The van der Waals surface area contributed by atoms with Gasteiger partial charge < -0.3 is 14.4 Å². The third-order valence-corrected chi connectivity index (χ3v) is 2.78. The summed E-state index contributed by atoms with van der Waals surface area (Å²) in [4.78, 5) is 13.7. The average Bonchev–Trinajstić information content (AvgIpc) is 2.76. The lowest BCUT2D eigenvalue weighted by atomic mass is 10.2. The minimum Gasteiger partial charge on any atom is -0.504 e. The summed E-state index contributed by atoms with van der Waals surface area (Å²) in [6.45, 7) is 5.11. The lowest BCUT2D eigenvalue weighted by molar-refractivity contribution is 0.0743. The molecular formula is C13H15NO3. The molecule has 0 saturated carbocycles. The minimum atomic E-state index is -0.148. The summed E-state index contributed by atoms with van der Waals surface area (Å²) in [5.41, 5.74) is 0.364. The van der Waals surface area contributed by atoms with Gasteiger partial charge in [0.1, 0.15) is 0 Å². The van der Waals surface area contributed by atoms with E-state index < -0.39 is 0 Å². The first-order valence-electron chi connectivity index (χ1n) is 5.68. The Morgan fingerprint density at radius 3 is 2.65 bits per heavy atom. The monoisotopic (exact) mass is 233 g/mol. The van der Waals surface area contributed by atoms with Gasteiger partial charge in [0.15, 0.2) is 17.1 Å². The molecule has 90 valence electrons. The lowest BCUT2D eigenvalue weighted by Crippen LogP contribution is -2.30. The fourth-order valence-electron chi connectivity index (χ4n) is 1.82. The van der Waals surface area contributed by atoms with Gasteiger partial charge in [-0.15, -0.1) is 0 Å². The molecule has 4 heteroatoms. The molecule has 2 rings (SSSR count). The maximum Gasteiger partial charge on any atom is 0.289 e. The third kappa shape index (κ3) is 1.98. The standard InChI is InChI=1S/C13H15NO3/c1-3-14(4-2)13(16)11-8-9-6-5-7-10(15)12(9)17-11/h5-8,15H,3-4H2,1-2H3. The van der Waals surface area contributed by atoms with E-state index in [1.54, 1.807) is 23.1 Å². The van der Waals surface area contributed by atoms with Crippen molar-refractivity contribution in [1.82, 2.24) is 4.90 Å². The number of nitrogens with zero attached hydrogens (tertiary/aromatic N) is 1. The number of amides is 1. The van der Waals surface area contributed by atoms with Gasteiger partial charge in [-0.1, -0.05) is 12.1 Å². The van der Waals surface area contributed by atoms with Crippen molar-refractivity contribution in [1.29, 1.82) is 0 Å². The molecule has 0 radical (unpaired) electrons. The molecule has 1 amide bonds. The van der Waals surface area contributed by atoms with E-state index in [9.17, 15) is 9.90 Å². The van der Waals surface area contributed by atoms with Crippen molar-refractivity contribution in [3.8, 4) is 5.75 Å². The average molecular weight is 233 g/mol. The van der Waals surface area contributed by atoms with E-state index >= 15 is 0 Å². The van der Waals surface area contributed by atoms with Crippen molar-refractivity contribution < 1.29 is 14.3 Å². The molecule has 1 heterocycles. The van der Waals surface area contributed by atoms with E-state index in [2.05, 4.69) is 0 Å². The SMILES string of the molecule is CCN(CC)C(=O)c1cc2cccc(O)c2o1. The number of phenolic OH excluding ortho intramolecular Hbond substituents is 1. The van der Waals surface area contributed by atoms with Crippen molar-refractivity contribution in [2.75, 3.05) is 13.1 Å². The number of carbonyl (C=O) groups excluding carboxylic acids is 1. The molecule has 17 heavy (non-hydrogen) atoms. The molecule has 2 aromatic rings. The van der Waals surface area contributed by atoms with Gasteiger partial charge in [-0.25, -0.2) is 0 Å². The highest BCUT2D eigenvalue weighted by atomic mass is 16.4. The number of aromatic hydroxyl groups is 1. The highest BCUT2D eigenvalue weighted by Crippen LogP contribution is 2.27. The number of phenols is 1. The van der Waals surface area contributed by atoms with Gasteiger partial charge in [-0.05, 0) is 26.0 Å². The Morgan fingerprint density at radius 2 is 2.06 bits per heavy atom. The number of carbonyl (C=O) groups is 1. The van der Waals surface area contributed by atoms with Crippen LogP contribution in [-0.4, -0.2) is 29.0 Å². The Hall–Kier alpha value is -1.97. The molecule has 0 unspecified atom stereocenters. The molecule has 1 N–H and O–H groups in total. The second-order valence-corrected chi connectivity index (χ2v) is 3.78. The van der Waals surface area contributed by atoms with E-state index in [-0.39, 0.29) is 17.4 Å². The fourth-order valence-corrected chi connectivity index (χ4v) is 1.82. The van der Waals surface area contributed by atoms with Crippen LogP contribution in [0, 0.1) is 0 Å². The van der Waals surface area contributed by atoms with Gasteiger partial charge in [-0.3, -0.25) is 4.79 Å². The Kier molecular flexibility index (Phi) is 3.04. The largest absolute Gasteiger partial charge is 0.504 e. The zero-order valence-electron chi connectivity index (χ0n) is 9.93. The molecule has 0 aliphatic carbocycles. The Bertz CT molecular complexity index is 541. The molecule has 0 aliphatic heterocycles. The van der Waals surface area contributed by atoms with Crippen molar-refractivity contribution in [2.24, 2.45) is 0 Å². The zero-order valence-corrected chi connectivity index (χ0v) is 9.93. The lowest BCUT2D eigenvalue weighted by Gasteiger charge is -2.16. The second-order valence-electron chi connectivity index (χ2n) is 3.78. The Labute approximate surface area is 99.4 Å². The molecule has 4 nitrogen and oxygen atoms in total. The number of benzene rings is 1. The predicted octanol–water partition coefficient (Wildman–Crippen LogP) is 2.62. The summed E-state index contributed by atoms with van der Waals surface area (Å²) in [5, 5.41) is 10.3. The third-order valence-electron chi connectivity index (χ3n) is 2.78. The maximum absolute atomic E-state index is 12.0. The van der Waals surface area contributed by atoms with Gasteiger partial charge >= 0.3 is 0 Å². The fraction of sp³-hybridized carbons (Fsp3) is 0.308. The summed E-state index contributed by atoms with van der Waals surface area (Å²) in [7, 11) is 0. The number of hydrogen-bond donors (Lipinski definition) is 1. The first kappa shape index (κ1) is 11.5. The number of fused-ring (bicyclic) bond motifs is 1. The molecule has 0 fully saturated rings. The van der Waals surface area contributed by atoms with E-state index in [1.165, 1.54) is 6.07 Å². The first-order valence-corrected chi connectivity index (χ1v) is 5.68. The summed E-state index contributed by atoms with van der Waals surface area (Å²) >= 11 is 0. The van der Waals surface area contributed by atoms with Crippen LogP contribution in [0.15, 0.2) is 28.7 Å². The van der Waals surface area contributed by atoms with Gasteiger partial charge in [0.2, 0.25) is 0 Å². The molecule has 0 atom stereocenters. The van der Waals surface area contributed by atoms with Gasteiger partial charge in [0.25, 0.3) is 5.91 Å². The van der Waals surface area contributed by atoms with Crippen LogP contribution < -0.4 is 0 Å². The van der Waals surface area contributed by atoms with Gasteiger partial charge in [0, 0.05) is 18.5 Å². The normalized spacial score (nSPS) is 10.7. The molecule has 0 bridgehead atoms. The minimum absolute atomic E-state index is 0.0566. The van der Waals surface area contributed by atoms with Crippen LogP contribution in [-0.2, 0) is 0 Å². The molecule has 1 aromatic heterocycles. The van der Waals surface area contributed by atoms with E-state index in [1.807, 2.05) is 13.8 Å². The molecule has 1 aromatic carbocycles. The number of hydrogen-bond acceptors (Lipinski definition) is 3. The van der Waals surface area contributed by atoms with Crippen LogP contribution in [0.4, 0.5) is 0 Å². The summed E-state index contributed by atoms with van der Waals surface area (Å²) in [6, 6.07) is 6.73. The van der Waals surface area contributed by atoms with Crippen LogP contribution >= 0.6 is 0 Å². The van der Waals surface area contributed by atoms with E-state index in [0.717, 1.165) is 5.39 Å². The Balaban J connectivity index is 2.43.